The molecule has 2 rings (SSSR count). The predicted molar refractivity (Wildman–Crippen MR) is 130 cm³/mol. The first-order valence-corrected chi connectivity index (χ1v) is 11.9. The maximum atomic E-state index is 12.3. The van der Waals surface area contributed by atoms with Gasteiger partial charge in [0.25, 0.3) is 0 Å². The van der Waals surface area contributed by atoms with Crippen LogP contribution in [0.25, 0.3) is 11.1 Å². The summed E-state index contributed by atoms with van der Waals surface area (Å²) in [4.78, 5) is 0.935. The number of unbranched alkanes of at least 4 members (excludes halogenated alkanes) is 2. The fraction of sp³-hybridized carbons (Fsp3) is 0.385. The van der Waals surface area contributed by atoms with Gasteiger partial charge in [-0.05, 0) is 74.1 Å². The van der Waals surface area contributed by atoms with Crippen LogP contribution in [0.5, 0.6) is 0 Å². The third kappa shape index (κ3) is 7.32. The molecule has 0 aliphatic rings. The third-order valence-corrected chi connectivity index (χ3v) is 6.50. The van der Waals surface area contributed by atoms with Gasteiger partial charge >= 0.3 is 0 Å². The Morgan fingerprint density at radius 3 is 2.41 bits per heavy atom. The normalized spacial score (nSPS) is 11.8. The lowest BCUT2D eigenvalue weighted by Gasteiger charge is -2.15. The summed E-state index contributed by atoms with van der Waals surface area (Å²) in [6.07, 6.45) is 5.23. The minimum absolute atomic E-state index is 0.730. The first-order valence-electron chi connectivity index (χ1n) is 10.6. The van der Waals surface area contributed by atoms with Crippen LogP contribution in [0.15, 0.2) is 60.5 Å². The topological polar surface area (TPSA) is 29.1 Å². The molecule has 0 aromatic heterocycles. The van der Waals surface area contributed by atoms with E-state index in [9.17, 15) is 4.21 Å². The molecule has 156 valence electrons. The van der Waals surface area contributed by atoms with Crippen LogP contribution in [0.1, 0.15) is 62.6 Å². The van der Waals surface area contributed by atoms with Gasteiger partial charge in [-0.2, -0.15) is 0 Å². The van der Waals surface area contributed by atoms with Crippen molar-refractivity contribution in [1.82, 2.24) is 0 Å². The lowest BCUT2D eigenvalue weighted by atomic mass is 9.97. The van der Waals surface area contributed by atoms with E-state index in [-0.39, 0.29) is 0 Å². The van der Waals surface area contributed by atoms with Crippen molar-refractivity contribution in [3.63, 3.8) is 0 Å². The molecule has 0 fully saturated rings. The van der Waals surface area contributed by atoms with Crippen molar-refractivity contribution >= 4 is 27.6 Å². The molecule has 0 saturated heterocycles. The van der Waals surface area contributed by atoms with Gasteiger partial charge in [-0.3, -0.25) is 4.21 Å². The van der Waals surface area contributed by atoms with E-state index < -0.39 is 10.8 Å². The average Bonchev–Trinajstić information content (AvgIpc) is 2.71. The zero-order chi connectivity index (χ0) is 21.2. The van der Waals surface area contributed by atoms with Crippen molar-refractivity contribution in [1.29, 1.82) is 0 Å². The Kier molecular flexibility index (Phi) is 9.40. The predicted octanol–water partition coefficient (Wildman–Crippen LogP) is 7.23. The van der Waals surface area contributed by atoms with Crippen molar-refractivity contribution in [3.8, 4) is 0 Å². The van der Waals surface area contributed by atoms with Crippen LogP contribution in [0.4, 0.5) is 5.69 Å². The summed E-state index contributed by atoms with van der Waals surface area (Å²) >= 11 is 0. The molecule has 1 unspecified atom stereocenters. The first-order chi connectivity index (χ1) is 13.9. The Morgan fingerprint density at radius 1 is 1.03 bits per heavy atom. The number of hydrogen-bond acceptors (Lipinski definition) is 2. The molecule has 0 aliphatic heterocycles. The molecule has 0 spiro atoms. The van der Waals surface area contributed by atoms with Crippen molar-refractivity contribution in [2.24, 2.45) is 0 Å². The summed E-state index contributed by atoms with van der Waals surface area (Å²) in [5, 5.41) is 3.55. The molecule has 2 nitrogen and oxygen atoms in total. The lowest BCUT2D eigenvalue weighted by molar-refractivity contribution is 0.674. The van der Waals surface area contributed by atoms with E-state index in [1.807, 2.05) is 38.1 Å². The smallest absolute Gasteiger partial charge is 0.0529 e. The molecule has 0 aliphatic carbocycles. The zero-order valence-corrected chi connectivity index (χ0v) is 19.0. The maximum absolute atomic E-state index is 12.3. The van der Waals surface area contributed by atoms with Gasteiger partial charge in [-0.25, -0.2) is 0 Å². The molecule has 0 amide bonds. The molecule has 1 N–H and O–H groups in total. The molecule has 3 heteroatoms. The van der Waals surface area contributed by atoms with Crippen molar-refractivity contribution in [2.45, 2.75) is 57.8 Å². The molecular formula is C26H35NOS. The summed E-state index contributed by atoms with van der Waals surface area (Å²) in [6.45, 7) is 15.5. The largest absolute Gasteiger partial charge is 0.385 e. The summed E-state index contributed by atoms with van der Waals surface area (Å²) < 4.78 is 12.3. The highest BCUT2D eigenvalue weighted by Gasteiger charge is 2.07. The van der Waals surface area contributed by atoms with Crippen LogP contribution in [0.3, 0.4) is 0 Å². The van der Waals surface area contributed by atoms with Crippen LogP contribution >= 0.6 is 0 Å². The van der Waals surface area contributed by atoms with Gasteiger partial charge in [0, 0.05) is 28.4 Å². The second-order valence-electron chi connectivity index (χ2n) is 7.74. The van der Waals surface area contributed by atoms with Crippen LogP contribution in [-0.4, -0.2) is 16.5 Å². The summed E-state index contributed by atoms with van der Waals surface area (Å²) in [5.74, 6) is 0.730. The molecule has 29 heavy (non-hydrogen) atoms. The van der Waals surface area contributed by atoms with Crippen LogP contribution in [0, 0.1) is 6.92 Å². The van der Waals surface area contributed by atoms with Crippen molar-refractivity contribution in [3.05, 3.63) is 72.3 Å². The minimum Gasteiger partial charge on any atom is -0.385 e. The number of anilines is 1. The van der Waals surface area contributed by atoms with Gasteiger partial charge < -0.3 is 5.32 Å². The second kappa shape index (κ2) is 11.8. The van der Waals surface area contributed by atoms with Crippen LogP contribution in [-0.2, 0) is 10.8 Å². The highest BCUT2D eigenvalue weighted by Crippen LogP contribution is 2.28. The van der Waals surface area contributed by atoms with Crippen molar-refractivity contribution < 1.29 is 4.21 Å². The standard InChI is InChI=1S/C26H35NOS/c1-6-10-22(5)23-13-16-26(25(19-23)20(2)3)27-17-8-7-9-18-29(28)24-14-11-21(4)12-15-24/h11-16,19,27H,2,5-10,17-18H2,1,3-4H3. The summed E-state index contributed by atoms with van der Waals surface area (Å²) in [5.41, 5.74) is 6.95. The number of aryl methyl sites for hydroxylation is 1. The monoisotopic (exact) mass is 409 g/mol. The molecule has 0 heterocycles. The fourth-order valence-electron chi connectivity index (χ4n) is 3.28. The van der Waals surface area contributed by atoms with Crippen LogP contribution < -0.4 is 5.32 Å². The molecule has 1 atom stereocenters. The lowest BCUT2D eigenvalue weighted by Crippen LogP contribution is -2.05. The molecular weight excluding hydrogens is 374 g/mol. The number of hydrogen-bond donors (Lipinski definition) is 1. The van der Waals surface area contributed by atoms with Crippen molar-refractivity contribution in [2.75, 3.05) is 17.6 Å². The van der Waals surface area contributed by atoms with Gasteiger partial charge in [0.05, 0.1) is 10.8 Å². The van der Waals surface area contributed by atoms with E-state index in [4.69, 9.17) is 0 Å². The van der Waals surface area contributed by atoms with Gasteiger partial charge in [0.2, 0.25) is 0 Å². The third-order valence-electron chi connectivity index (χ3n) is 5.05. The van der Waals surface area contributed by atoms with E-state index >= 15 is 0 Å². The minimum atomic E-state index is -0.892. The fourth-order valence-corrected chi connectivity index (χ4v) is 4.43. The number of rotatable bonds is 12. The SMILES string of the molecule is C=C(CCC)c1ccc(NCCCCCS(=O)c2ccc(C)cc2)c(C(=C)C)c1. The van der Waals surface area contributed by atoms with Gasteiger partial charge in [0.15, 0.2) is 0 Å². The van der Waals surface area contributed by atoms with E-state index in [0.29, 0.717) is 0 Å². The Hall–Kier alpha value is -2.13. The maximum Gasteiger partial charge on any atom is 0.0529 e. The molecule has 0 bridgehead atoms. The van der Waals surface area contributed by atoms with Gasteiger partial charge in [-0.15, -0.1) is 0 Å². The van der Waals surface area contributed by atoms with Gasteiger partial charge in [-0.1, -0.05) is 56.7 Å². The quantitative estimate of drug-likeness (QED) is 0.375. The molecule has 0 radical (unpaired) electrons. The molecule has 0 saturated carbocycles. The molecule has 2 aromatic rings. The Bertz CT molecular complexity index is 852. The number of benzene rings is 2. The Labute approximate surface area is 179 Å². The Morgan fingerprint density at radius 2 is 1.76 bits per heavy atom. The average molecular weight is 410 g/mol. The first kappa shape index (κ1) is 23.2. The van der Waals surface area contributed by atoms with Gasteiger partial charge in [0.1, 0.15) is 0 Å². The van der Waals surface area contributed by atoms with E-state index in [1.54, 1.807) is 0 Å². The highest BCUT2D eigenvalue weighted by atomic mass is 32.2. The Balaban J connectivity index is 1.79. The van der Waals surface area contributed by atoms with E-state index in [1.165, 1.54) is 22.3 Å². The summed E-state index contributed by atoms with van der Waals surface area (Å²) in [7, 11) is -0.892. The van der Waals surface area contributed by atoms with E-state index in [2.05, 4.69) is 43.6 Å². The molecule has 2 aromatic carbocycles. The van der Waals surface area contributed by atoms with E-state index in [0.717, 1.165) is 60.6 Å². The highest BCUT2D eigenvalue weighted by molar-refractivity contribution is 7.85. The summed E-state index contributed by atoms with van der Waals surface area (Å²) in [6, 6.07) is 14.5. The zero-order valence-electron chi connectivity index (χ0n) is 18.2. The number of nitrogens with one attached hydrogen (secondary N) is 1. The van der Waals surface area contributed by atoms with Crippen LogP contribution in [0.2, 0.25) is 0 Å². The number of allylic oxidation sites excluding steroid dienone is 2. The second-order valence-corrected chi connectivity index (χ2v) is 9.32.